The van der Waals surface area contributed by atoms with Gasteiger partial charge in [0.15, 0.2) is 5.82 Å². The summed E-state index contributed by atoms with van der Waals surface area (Å²) in [4.78, 5) is 24.4. The number of aromatic amines is 1. The van der Waals surface area contributed by atoms with E-state index in [-0.39, 0.29) is 24.0 Å². The molecule has 0 saturated heterocycles. The van der Waals surface area contributed by atoms with E-state index in [2.05, 4.69) is 25.9 Å². The van der Waals surface area contributed by atoms with E-state index in [1.165, 1.54) is 11.8 Å². The number of H-pyrrole nitrogens is 1. The monoisotopic (exact) mass is 420 g/mol. The molecule has 0 bridgehead atoms. The van der Waals surface area contributed by atoms with Gasteiger partial charge in [-0.05, 0) is 26.2 Å². The van der Waals surface area contributed by atoms with Crippen LogP contribution in [0.15, 0.2) is 12.1 Å². The summed E-state index contributed by atoms with van der Waals surface area (Å²) in [6.07, 6.45) is 1.73. The first kappa shape index (κ1) is 21.6. The second-order valence-corrected chi connectivity index (χ2v) is 7.40. The molecule has 30 heavy (non-hydrogen) atoms. The van der Waals surface area contributed by atoms with Gasteiger partial charge in [-0.1, -0.05) is 0 Å². The molecule has 1 saturated carbocycles. The summed E-state index contributed by atoms with van der Waals surface area (Å²) in [5.41, 5.74) is 1.26. The van der Waals surface area contributed by atoms with E-state index in [1.54, 1.807) is 26.3 Å². The number of aromatic nitrogens is 4. The molecule has 3 atom stereocenters. The van der Waals surface area contributed by atoms with Crippen LogP contribution in [0.2, 0.25) is 0 Å². The van der Waals surface area contributed by atoms with E-state index in [0.717, 1.165) is 18.5 Å². The Balaban J connectivity index is 1.52. The maximum absolute atomic E-state index is 12.4. The van der Waals surface area contributed by atoms with Gasteiger partial charge < -0.3 is 24.8 Å². The second kappa shape index (κ2) is 9.61. The van der Waals surface area contributed by atoms with Crippen LogP contribution in [0.25, 0.3) is 0 Å². The van der Waals surface area contributed by atoms with E-state index >= 15 is 0 Å². The van der Waals surface area contributed by atoms with Crippen LogP contribution < -0.4 is 15.4 Å². The number of alkyl carbamates (subject to hydrolysis) is 1. The van der Waals surface area contributed by atoms with Crippen LogP contribution >= 0.6 is 0 Å². The minimum Gasteiger partial charge on any atom is -0.480 e. The number of methoxy groups -OCH3 is 2. The Labute approximate surface area is 174 Å². The first-order valence-electron chi connectivity index (χ1n) is 9.80. The van der Waals surface area contributed by atoms with Gasteiger partial charge >= 0.3 is 6.09 Å². The fourth-order valence-electron chi connectivity index (χ4n) is 3.55. The van der Waals surface area contributed by atoms with Crippen LogP contribution in [0.5, 0.6) is 5.88 Å². The lowest BCUT2D eigenvalue weighted by atomic mass is 10.0. The van der Waals surface area contributed by atoms with Crippen LogP contribution in [0.4, 0.5) is 10.6 Å². The van der Waals surface area contributed by atoms with E-state index in [4.69, 9.17) is 14.2 Å². The molecule has 1 aliphatic carbocycles. The predicted octanol–water partition coefficient (Wildman–Crippen LogP) is 1.80. The van der Waals surface area contributed by atoms with Crippen LogP contribution in [-0.2, 0) is 16.5 Å². The predicted molar refractivity (Wildman–Crippen MR) is 108 cm³/mol. The molecule has 2 aromatic heterocycles. The number of nitrogens with one attached hydrogen (secondary N) is 3. The van der Waals surface area contributed by atoms with Gasteiger partial charge in [0.2, 0.25) is 5.88 Å². The summed E-state index contributed by atoms with van der Waals surface area (Å²) in [6.45, 7) is 2.28. The highest BCUT2D eigenvalue weighted by Gasteiger charge is 2.30. The number of rotatable bonds is 8. The summed E-state index contributed by atoms with van der Waals surface area (Å²) in [6, 6.07) is 3.25. The molecule has 11 heteroatoms. The first-order chi connectivity index (χ1) is 14.4. The van der Waals surface area contributed by atoms with Crippen molar-refractivity contribution in [3.63, 3.8) is 0 Å². The first-order valence-corrected chi connectivity index (χ1v) is 9.80. The standard InChI is InChI=1S/C19H28N6O5/c1-11(10-28-3)20-19(27)30-13-6-5-12(7-13)14-8-16(23-22-14)21-18(26)15-9-17(29-4)24-25(15)2/h8-9,11-13H,5-7,10H2,1-4H3,(H,20,27)(H2,21,22,23,26)/t11-,12-,13+/m0/s1. The fourth-order valence-corrected chi connectivity index (χ4v) is 3.55. The molecule has 1 fully saturated rings. The van der Waals surface area contributed by atoms with Crippen LogP contribution in [0, 0.1) is 0 Å². The van der Waals surface area contributed by atoms with Gasteiger partial charge in [0, 0.05) is 37.9 Å². The van der Waals surface area contributed by atoms with Gasteiger partial charge in [0.25, 0.3) is 5.91 Å². The number of anilines is 1. The molecule has 0 aromatic carbocycles. The minimum atomic E-state index is -0.436. The van der Waals surface area contributed by atoms with Crippen molar-refractivity contribution in [1.29, 1.82) is 0 Å². The average molecular weight is 420 g/mol. The number of carbonyl (C=O) groups excluding carboxylic acids is 2. The summed E-state index contributed by atoms with van der Waals surface area (Å²) in [5.74, 6) is 0.628. The largest absolute Gasteiger partial charge is 0.480 e. The topological polar surface area (TPSA) is 132 Å². The Bertz CT molecular complexity index is 879. The van der Waals surface area contributed by atoms with Crippen LogP contribution in [0.3, 0.4) is 0 Å². The highest BCUT2D eigenvalue weighted by Crippen LogP contribution is 2.35. The van der Waals surface area contributed by atoms with Crippen molar-refractivity contribution >= 4 is 17.8 Å². The van der Waals surface area contributed by atoms with Gasteiger partial charge in [-0.2, -0.15) is 5.10 Å². The Morgan fingerprint density at radius 2 is 2.13 bits per heavy atom. The number of ether oxygens (including phenoxy) is 3. The van der Waals surface area contributed by atoms with Crippen molar-refractivity contribution < 1.29 is 23.8 Å². The Hall–Kier alpha value is -3.08. The third-order valence-electron chi connectivity index (χ3n) is 5.02. The van der Waals surface area contributed by atoms with Crippen molar-refractivity contribution in [2.75, 3.05) is 26.1 Å². The van der Waals surface area contributed by atoms with Gasteiger partial charge in [-0.15, -0.1) is 5.10 Å². The number of aryl methyl sites for hydroxylation is 1. The molecule has 0 spiro atoms. The van der Waals surface area contributed by atoms with Gasteiger partial charge in [-0.3, -0.25) is 14.6 Å². The number of amides is 2. The summed E-state index contributed by atoms with van der Waals surface area (Å²) >= 11 is 0. The quantitative estimate of drug-likeness (QED) is 0.593. The molecule has 164 valence electrons. The van der Waals surface area contributed by atoms with Gasteiger partial charge in [0.1, 0.15) is 11.8 Å². The normalized spacial score (nSPS) is 19.3. The highest BCUT2D eigenvalue weighted by molar-refractivity contribution is 6.02. The smallest absolute Gasteiger partial charge is 0.407 e. The minimum absolute atomic E-state index is 0.113. The molecular formula is C19H28N6O5. The lowest BCUT2D eigenvalue weighted by Crippen LogP contribution is -2.37. The molecule has 2 heterocycles. The molecule has 11 nitrogen and oxygen atoms in total. The maximum atomic E-state index is 12.4. The second-order valence-electron chi connectivity index (χ2n) is 7.40. The zero-order valence-electron chi connectivity index (χ0n) is 17.6. The number of carbonyl (C=O) groups is 2. The summed E-state index contributed by atoms with van der Waals surface area (Å²) < 4.78 is 17.0. The zero-order chi connectivity index (χ0) is 21.7. The SMILES string of the molecule is COC[C@H](C)NC(=O)O[C@@H]1CC[C@H](c2cc(NC(=O)c3cc(OC)nn3C)n[nH]2)C1. The average Bonchev–Trinajstić information content (AvgIpc) is 3.41. The molecule has 0 aliphatic heterocycles. The van der Waals surface area contributed by atoms with E-state index < -0.39 is 6.09 Å². The van der Waals surface area contributed by atoms with E-state index in [0.29, 0.717) is 30.4 Å². The van der Waals surface area contributed by atoms with Crippen LogP contribution in [-0.4, -0.2) is 65.0 Å². The van der Waals surface area contributed by atoms with Crippen molar-refractivity contribution in [1.82, 2.24) is 25.3 Å². The maximum Gasteiger partial charge on any atom is 0.407 e. The number of hydrogen-bond acceptors (Lipinski definition) is 7. The Morgan fingerprint density at radius 3 is 2.83 bits per heavy atom. The van der Waals surface area contributed by atoms with E-state index in [9.17, 15) is 9.59 Å². The summed E-state index contributed by atoms with van der Waals surface area (Å²) in [7, 11) is 4.74. The van der Waals surface area contributed by atoms with Gasteiger partial charge in [0.05, 0.1) is 19.8 Å². The van der Waals surface area contributed by atoms with Crippen molar-refractivity contribution in [3.8, 4) is 5.88 Å². The zero-order valence-corrected chi connectivity index (χ0v) is 17.6. The number of hydrogen-bond donors (Lipinski definition) is 3. The van der Waals surface area contributed by atoms with E-state index in [1.807, 2.05) is 6.92 Å². The van der Waals surface area contributed by atoms with Gasteiger partial charge in [-0.25, -0.2) is 4.79 Å². The molecule has 2 aromatic rings. The van der Waals surface area contributed by atoms with Crippen molar-refractivity contribution in [3.05, 3.63) is 23.5 Å². The molecular weight excluding hydrogens is 392 g/mol. The van der Waals surface area contributed by atoms with Crippen molar-refractivity contribution in [2.45, 2.75) is 44.2 Å². The molecule has 0 radical (unpaired) electrons. The molecule has 3 N–H and O–H groups in total. The van der Waals surface area contributed by atoms with Crippen LogP contribution in [0.1, 0.15) is 48.3 Å². The highest BCUT2D eigenvalue weighted by atomic mass is 16.6. The molecule has 3 rings (SSSR count). The molecule has 1 aliphatic rings. The molecule has 2 amide bonds. The summed E-state index contributed by atoms with van der Waals surface area (Å²) in [5, 5.41) is 16.7. The molecule has 0 unspecified atom stereocenters. The van der Waals surface area contributed by atoms with Crippen molar-refractivity contribution in [2.24, 2.45) is 7.05 Å². The third kappa shape index (κ3) is 5.29. The number of nitrogens with zero attached hydrogens (tertiary/aromatic N) is 3. The third-order valence-corrected chi connectivity index (χ3v) is 5.02. The Morgan fingerprint density at radius 1 is 1.33 bits per heavy atom. The Kier molecular flexibility index (Phi) is 6.93. The fraction of sp³-hybridized carbons (Fsp3) is 0.579. The lowest BCUT2D eigenvalue weighted by Gasteiger charge is -2.16. The lowest BCUT2D eigenvalue weighted by molar-refractivity contribution is 0.0910.